The summed E-state index contributed by atoms with van der Waals surface area (Å²) in [4.78, 5) is 16.1. The summed E-state index contributed by atoms with van der Waals surface area (Å²) >= 11 is 1.85. The van der Waals surface area contributed by atoms with E-state index in [1.54, 1.807) is 25.3 Å². The van der Waals surface area contributed by atoms with Gasteiger partial charge < -0.3 is 15.8 Å². The molecule has 3 N–H and O–H groups in total. The van der Waals surface area contributed by atoms with E-state index in [4.69, 9.17) is 10.5 Å². The zero-order chi connectivity index (χ0) is 16.9. The molecule has 0 saturated carbocycles. The second-order valence-corrected chi connectivity index (χ2v) is 7.01. The Morgan fingerprint density at radius 1 is 1.42 bits per heavy atom. The zero-order valence-electron chi connectivity index (χ0n) is 13.9. The van der Waals surface area contributed by atoms with Gasteiger partial charge in [0, 0.05) is 36.1 Å². The van der Waals surface area contributed by atoms with Crippen molar-refractivity contribution in [3.63, 3.8) is 0 Å². The molecule has 3 rings (SSSR count). The number of nitrogens with one attached hydrogen (secondary N) is 1. The number of nitrogen functional groups attached to an aromatic ring is 1. The lowest BCUT2D eigenvalue weighted by Crippen LogP contribution is -2.31. The number of nitrogens with two attached hydrogens (primary N) is 1. The minimum atomic E-state index is 0.00584. The lowest BCUT2D eigenvalue weighted by molar-refractivity contribution is -0.116. The van der Waals surface area contributed by atoms with Crippen molar-refractivity contribution in [1.82, 2.24) is 4.90 Å². The Balaban J connectivity index is 1.45. The van der Waals surface area contributed by atoms with Gasteiger partial charge in [-0.25, -0.2) is 0 Å². The van der Waals surface area contributed by atoms with Crippen molar-refractivity contribution in [1.29, 1.82) is 0 Å². The average molecular weight is 345 g/mol. The molecule has 1 aromatic carbocycles. The molecule has 128 valence electrons. The van der Waals surface area contributed by atoms with E-state index in [-0.39, 0.29) is 5.91 Å². The molecule has 0 atom stereocenters. The number of ether oxygens (including phenoxy) is 1. The maximum Gasteiger partial charge on any atom is 0.224 e. The third-order valence-electron chi connectivity index (χ3n) is 4.26. The summed E-state index contributed by atoms with van der Waals surface area (Å²) < 4.78 is 5.25. The van der Waals surface area contributed by atoms with E-state index in [0.717, 1.165) is 32.5 Å². The summed E-state index contributed by atoms with van der Waals surface area (Å²) in [5.41, 5.74) is 8.45. The van der Waals surface area contributed by atoms with Gasteiger partial charge in [-0.3, -0.25) is 9.69 Å². The number of carbonyl (C=O) groups excluding carboxylic acids is 1. The van der Waals surface area contributed by atoms with Crippen molar-refractivity contribution in [2.24, 2.45) is 0 Å². The van der Waals surface area contributed by atoms with Crippen LogP contribution >= 0.6 is 11.3 Å². The van der Waals surface area contributed by atoms with Gasteiger partial charge in [0.1, 0.15) is 5.75 Å². The van der Waals surface area contributed by atoms with Gasteiger partial charge in [-0.15, -0.1) is 11.3 Å². The fraction of sp³-hybridized carbons (Fsp3) is 0.389. The lowest BCUT2D eigenvalue weighted by atomic mass is 10.1. The molecule has 1 aliphatic rings. The first kappa shape index (κ1) is 16.8. The van der Waals surface area contributed by atoms with E-state index in [0.29, 0.717) is 23.5 Å². The predicted molar refractivity (Wildman–Crippen MR) is 98.6 cm³/mol. The maximum atomic E-state index is 12.1. The molecule has 6 heteroatoms. The van der Waals surface area contributed by atoms with Crippen LogP contribution < -0.4 is 15.8 Å². The Labute approximate surface area is 146 Å². The van der Waals surface area contributed by atoms with Crippen molar-refractivity contribution in [3.8, 4) is 5.75 Å². The predicted octanol–water partition coefficient (Wildman–Crippen LogP) is 3.12. The van der Waals surface area contributed by atoms with Crippen LogP contribution in [0.25, 0.3) is 0 Å². The minimum absolute atomic E-state index is 0.00584. The molecular weight excluding hydrogens is 322 g/mol. The molecule has 0 spiro atoms. The molecule has 0 aliphatic carbocycles. The van der Waals surface area contributed by atoms with E-state index in [1.165, 1.54) is 10.4 Å². The topological polar surface area (TPSA) is 67.6 Å². The molecule has 0 bridgehead atoms. The van der Waals surface area contributed by atoms with E-state index >= 15 is 0 Å². The van der Waals surface area contributed by atoms with E-state index in [9.17, 15) is 4.79 Å². The highest BCUT2D eigenvalue weighted by Gasteiger charge is 2.17. The Bertz CT molecular complexity index is 714. The summed E-state index contributed by atoms with van der Waals surface area (Å²) in [5.74, 6) is 0.593. The highest BCUT2D eigenvalue weighted by Crippen LogP contribution is 2.27. The van der Waals surface area contributed by atoms with Crippen molar-refractivity contribution in [2.75, 3.05) is 31.2 Å². The van der Waals surface area contributed by atoms with Crippen LogP contribution in [0.5, 0.6) is 5.75 Å². The second kappa shape index (κ2) is 7.68. The first-order valence-corrected chi connectivity index (χ1v) is 9.04. The number of methoxy groups -OCH3 is 1. The van der Waals surface area contributed by atoms with Crippen LogP contribution in [-0.2, 0) is 17.8 Å². The standard InChI is InChI=1S/C18H23N3O2S/c1-23-16-11-14(19)4-5-15(16)20-18(22)3-2-8-21-9-6-17-13(12-21)7-10-24-17/h4-5,7,10-11H,2-3,6,8-9,12,19H2,1H3,(H,20,22). The number of thiophene rings is 1. The number of nitrogens with zero attached hydrogens (tertiary/aromatic N) is 1. The van der Waals surface area contributed by atoms with Gasteiger partial charge in [-0.05, 0) is 48.5 Å². The van der Waals surface area contributed by atoms with Gasteiger partial charge in [0.2, 0.25) is 5.91 Å². The fourth-order valence-corrected chi connectivity index (χ4v) is 3.87. The Kier molecular flexibility index (Phi) is 5.37. The van der Waals surface area contributed by atoms with Crippen LogP contribution in [0.4, 0.5) is 11.4 Å². The molecular formula is C18H23N3O2S. The number of hydrogen-bond acceptors (Lipinski definition) is 5. The molecule has 0 radical (unpaired) electrons. The summed E-state index contributed by atoms with van der Waals surface area (Å²) in [6, 6.07) is 7.45. The Morgan fingerprint density at radius 3 is 3.12 bits per heavy atom. The van der Waals surface area contributed by atoms with Gasteiger partial charge in [0.05, 0.1) is 12.8 Å². The second-order valence-electron chi connectivity index (χ2n) is 6.01. The van der Waals surface area contributed by atoms with Crippen molar-refractivity contribution < 1.29 is 9.53 Å². The van der Waals surface area contributed by atoms with Gasteiger partial charge in [0.15, 0.2) is 0 Å². The quantitative estimate of drug-likeness (QED) is 0.790. The lowest BCUT2D eigenvalue weighted by Gasteiger charge is -2.26. The number of anilines is 2. The summed E-state index contributed by atoms with van der Waals surface area (Å²) in [5, 5.41) is 5.07. The van der Waals surface area contributed by atoms with Crippen LogP contribution in [0.2, 0.25) is 0 Å². The number of carbonyl (C=O) groups is 1. The molecule has 1 aliphatic heterocycles. The van der Waals surface area contributed by atoms with E-state index in [1.807, 2.05) is 11.3 Å². The molecule has 1 aromatic heterocycles. The van der Waals surface area contributed by atoms with Crippen LogP contribution in [0.3, 0.4) is 0 Å². The van der Waals surface area contributed by atoms with Gasteiger partial charge in [-0.2, -0.15) is 0 Å². The Morgan fingerprint density at radius 2 is 2.29 bits per heavy atom. The highest BCUT2D eigenvalue weighted by molar-refractivity contribution is 7.10. The van der Waals surface area contributed by atoms with Crippen LogP contribution in [0.1, 0.15) is 23.3 Å². The smallest absolute Gasteiger partial charge is 0.224 e. The maximum absolute atomic E-state index is 12.1. The summed E-state index contributed by atoms with van der Waals surface area (Å²) in [6.07, 6.45) is 2.48. The van der Waals surface area contributed by atoms with Gasteiger partial charge in [0.25, 0.3) is 0 Å². The fourth-order valence-electron chi connectivity index (χ4n) is 2.98. The first-order valence-electron chi connectivity index (χ1n) is 8.16. The van der Waals surface area contributed by atoms with E-state index < -0.39 is 0 Å². The molecule has 0 unspecified atom stereocenters. The third kappa shape index (κ3) is 4.07. The van der Waals surface area contributed by atoms with Crippen LogP contribution in [-0.4, -0.2) is 31.0 Å². The molecule has 2 heterocycles. The SMILES string of the molecule is COc1cc(N)ccc1NC(=O)CCCN1CCc2sccc2C1. The zero-order valence-corrected chi connectivity index (χ0v) is 14.7. The number of rotatable bonds is 6. The number of fused-ring (bicyclic) bond motifs is 1. The highest BCUT2D eigenvalue weighted by atomic mass is 32.1. The van der Waals surface area contributed by atoms with Crippen LogP contribution in [0, 0.1) is 0 Å². The summed E-state index contributed by atoms with van der Waals surface area (Å²) in [7, 11) is 1.57. The van der Waals surface area contributed by atoms with E-state index in [2.05, 4.69) is 21.7 Å². The number of hydrogen-bond donors (Lipinski definition) is 2. The van der Waals surface area contributed by atoms with Crippen molar-refractivity contribution in [3.05, 3.63) is 40.1 Å². The number of amides is 1. The molecule has 0 fully saturated rings. The first-order chi connectivity index (χ1) is 11.7. The monoisotopic (exact) mass is 345 g/mol. The molecule has 0 saturated heterocycles. The van der Waals surface area contributed by atoms with Gasteiger partial charge >= 0.3 is 0 Å². The van der Waals surface area contributed by atoms with Crippen molar-refractivity contribution in [2.45, 2.75) is 25.8 Å². The average Bonchev–Trinajstić information content (AvgIpc) is 3.04. The summed E-state index contributed by atoms with van der Waals surface area (Å²) in [6.45, 7) is 3.04. The molecule has 2 aromatic rings. The number of benzene rings is 1. The Hall–Kier alpha value is -2.05. The third-order valence-corrected chi connectivity index (χ3v) is 5.29. The largest absolute Gasteiger partial charge is 0.494 e. The molecule has 5 nitrogen and oxygen atoms in total. The normalized spacial score (nSPS) is 14.2. The van der Waals surface area contributed by atoms with Crippen molar-refractivity contribution >= 4 is 28.6 Å². The van der Waals surface area contributed by atoms with Gasteiger partial charge in [-0.1, -0.05) is 0 Å². The molecule has 1 amide bonds. The molecule has 24 heavy (non-hydrogen) atoms. The van der Waals surface area contributed by atoms with Crippen LogP contribution in [0.15, 0.2) is 29.6 Å². The minimum Gasteiger partial charge on any atom is -0.494 e.